The lowest BCUT2D eigenvalue weighted by Gasteiger charge is -2.18. The van der Waals surface area contributed by atoms with Gasteiger partial charge in [-0.2, -0.15) is 5.26 Å². The third kappa shape index (κ3) is 2.86. The highest BCUT2D eigenvalue weighted by atomic mass is 15.2. The summed E-state index contributed by atoms with van der Waals surface area (Å²) in [6, 6.07) is 7.80. The molecule has 2 heterocycles. The van der Waals surface area contributed by atoms with Gasteiger partial charge >= 0.3 is 0 Å². The van der Waals surface area contributed by atoms with Gasteiger partial charge in [-0.3, -0.25) is 0 Å². The van der Waals surface area contributed by atoms with Gasteiger partial charge in [-0.1, -0.05) is 0 Å². The fraction of sp³-hybridized carbons (Fsp3) is 0.308. The summed E-state index contributed by atoms with van der Waals surface area (Å²) in [5, 5.41) is 8.88. The molecule has 0 aromatic carbocycles. The van der Waals surface area contributed by atoms with Crippen LogP contribution in [0.5, 0.6) is 0 Å². The zero-order chi connectivity index (χ0) is 13.0. The van der Waals surface area contributed by atoms with Crippen molar-refractivity contribution in [2.24, 2.45) is 0 Å². The predicted molar refractivity (Wildman–Crippen MR) is 69.3 cm³/mol. The van der Waals surface area contributed by atoms with Gasteiger partial charge in [0.2, 0.25) is 0 Å². The van der Waals surface area contributed by atoms with E-state index in [0.29, 0.717) is 11.5 Å². The second-order valence-corrected chi connectivity index (χ2v) is 4.14. The Labute approximate surface area is 106 Å². The molecule has 0 saturated heterocycles. The van der Waals surface area contributed by atoms with Gasteiger partial charge in [0.25, 0.3) is 0 Å². The van der Waals surface area contributed by atoms with E-state index in [9.17, 15) is 0 Å². The molecule has 0 fully saturated rings. The first kappa shape index (κ1) is 12.1. The molecule has 2 aromatic rings. The number of hydrogen-bond donors (Lipinski definition) is 1. The Morgan fingerprint density at radius 3 is 2.94 bits per heavy atom. The number of rotatable bonds is 4. The average Bonchev–Trinajstić information content (AvgIpc) is 2.88. The molecule has 0 saturated carbocycles. The molecule has 0 radical (unpaired) electrons. The van der Waals surface area contributed by atoms with E-state index in [1.165, 1.54) is 5.69 Å². The summed E-state index contributed by atoms with van der Waals surface area (Å²) in [5.41, 5.74) is 1.59. The number of nitrogens with zero attached hydrogens (tertiary/aromatic N) is 4. The van der Waals surface area contributed by atoms with E-state index in [-0.39, 0.29) is 0 Å². The van der Waals surface area contributed by atoms with E-state index < -0.39 is 0 Å². The van der Waals surface area contributed by atoms with Crippen molar-refractivity contribution >= 4 is 5.82 Å². The maximum atomic E-state index is 8.88. The Hall–Kier alpha value is -2.35. The van der Waals surface area contributed by atoms with Crippen molar-refractivity contribution in [1.82, 2.24) is 15.0 Å². The van der Waals surface area contributed by atoms with Crippen LogP contribution in [0.1, 0.15) is 17.2 Å². The zero-order valence-corrected chi connectivity index (χ0v) is 10.5. The number of anilines is 1. The van der Waals surface area contributed by atoms with Crippen molar-refractivity contribution in [1.29, 1.82) is 5.26 Å². The van der Waals surface area contributed by atoms with Crippen LogP contribution in [0.15, 0.2) is 24.4 Å². The Morgan fingerprint density at radius 2 is 2.28 bits per heavy atom. The first-order valence-electron chi connectivity index (χ1n) is 5.78. The smallest absolute Gasteiger partial charge is 0.146 e. The molecule has 0 aliphatic carbocycles. The lowest BCUT2D eigenvalue weighted by atomic mass is 10.3. The molecule has 18 heavy (non-hydrogen) atoms. The molecule has 2 aromatic heterocycles. The van der Waals surface area contributed by atoms with Crippen LogP contribution in [0, 0.1) is 18.3 Å². The molecule has 5 nitrogen and oxygen atoms in total. The molecular formula is C13H15N5. The van der Waals surface area contributed by atoms with Crippen molar-refractivity contribution in [3.63, 3.8) is 0 Å². The SMILES string of the molecule is Cc1nc(C#N)cc(N(C)CCc2ccc[nH]2)n1. The minimum absolute atomic E-state index is 0.407. The van der Waals surface area contributed by atoms with Gasteiger partial charge in [-0.25, -0.2) is 9.97 Å². The van der Waals surface area contributed by atoms with Crippen LogP contribution in [-0.2, 0) is 6.42 Å². The number of H-pyrrole nitrogens is 1. The van der Waals surface area contributed by atoms with Crippen molar-refractivity contribution < 1.29 is 0 Å². The number of hydrogen-bond acceptors (Lipinski definition) is 4. The number of nitrogens with one attached hydrogen (secondary N) is 1. The molecule has 0 aliphatic rings. The van der Waals surface area contributed by atoms with Crippen molar-refractivity contribution in [2.45, 2.75) is 13.3 Å². The van der Waals surface area contributed by atoms with Crippen LogP contribution < -0.4 is 4.90 Å². The van der Waals surface area contributed by atoms with Crippen molar-refractivity contribution in [2.75, 3.05) is 18.5 Å². The third-order valence-corrected chi connectivity index (χ3v) is 2.71. The predicted octanol–water partition coefficient (Wildman–Crippen LogP) is 1.66. The highest BCUT2D eigenvalue weighted by Crippen LogP contribution is 2.11. The Balaban J connectivity index is 2.06. The molecule has 0 atom stereocenters. The lowest BCUT2D eigenvalue weighted by Crippen LogP contribution is -2.22. The van der Waals surface area contributed by atoms with E-state index in [1.54, 1.807) is 13.0 Å². The van der Waals surface area contributed by atoms with E-state index in [0.717, 1.165) is 18.8 Å². The number of aryl methyl sites for hydroxylation is 1. The van der Waals surface area contributed by atoms with Crippen LogP contribution in [-0.4, -0.2) is 28.5 Å². The zero-order valence-electron chi connectivity index (χ0n) is 10.5. The van der Waals surface area contributed by atoms with Gasteiger partial charge in [0.1, 0.15) is 23.4 Å². The van der Waals surface area contributed by atoms with Gasteiger partial charge in [-0.15, -0.1) is 0 Å². The van der Waals surface area contributed by atoms with Crippen LogP contribution in [0.2, 0.25) is 0 Å². The van der Waals surface area contributed by atoms with Gasteiger partial charge in [0.05, 0.1) is 0 Å². The molecule has 92 valence electrons. The van der Waals surface area contributed by atoms with Gasteiger partial charge in [0.15, 0.2) is 0 Å². The Kier molecular flexibility index (Phi) is 3.58. The molecular weight excluding hydrogens is 226 g/mol. The van der Waals surface area contributed by atoms with Crippen LogP contribution in [0.3, 0.4) is 0 Å². The summed E-state index contributed by atoms with van der Waals surface area (Å²) < 4.78 is 0. The molecule has 0 bridgehead atoms. The average molecular weight is 241 g/mol. The standard InChI is InChI=1S/C13H15N5/c1-10-16-12(9-14)8-13(17-10)18(2)7-5-11-4-3-6-15-11/h3-4,6,8,15H,5,7H2,1-2H3. The summed E-state index contributed by atoms with van der Waals surface area (Å²) in [7, 11) is 1.96. The van der Waals surface area contributed by atoms with E-state index >= 15 is 0 Å². The summed E-state index contributed by atoms with van der Waals surface area (Å²) >= 11 is 0. The third-order valence-electron chi connectivity index (χ3n) is 2.71. The minimum Gasteiger partial charge on any atom is -0.365 e. The lowest BCUT2D eigenvalue weighted by molar-refractivity contribution is 0.834. The maximum Gasteiger partial charge on any atom is 0.146 e. The minimum atomic E-state index is 0.407. The quantitative estimate of drug-likeness (QED) is 0.884. The maximum absolute atomic E-state index is 8.88. The van der Waals surface area contributed by atoms with Crippen molar-refractivity contribution in [3.8, 4) is 6.07 Å². The first-order chi connectivity index (χ1) is 8.69. The normalized spacial score (nSPS) is 10.1. The van der Waals surface area contributed by atoms with Crippen LogP contribution in [0.25, 0.3) is 0 Å². The van der Waals surface area contributed by atoms with E-state index in [1.807, 2.05) is 30.3 Å². The number of aromatic amines is 1. The molecule has 0 unspecified atom stereocenters. The highest BCUT2D eigenvalue weighted by Gasteiger charge is 2.06. The number of aromatic nitrogens is 3. The second kappa shape index (κ2) is 5.32. The first-order valence-corrected chi connectivity index (χ1v) is 5.78. The number of likely N-dealkylation sites (N-methyl/N-ethyl adjacent to an activating group) is 1. The summed E-state index contributed by atoms with van der Waals surface area (Å²) in [6.45, 7) is 2.63. The molecule has 0 spiro atoms. The van der Waals surface area contributed by atoms with E-state index in [2.05, 4.69) is 21.0 Å². The second-order valence-electron chi connectivity index (χ2n) is 4.14. The number of nitriles is 1. The van der Waals surface area contributed by atoms with Crippen LogP contribution >= 0.6 is 0 Å². The van der Waals surface area contributed by atoms with Gasteiger partial charge in [-0.05, 0) is 19.1 Å². The molecule has 2 rings (SSSR count). The topological polar surface area (TPSA) is 68.6 Å². The fourth-order valence-electron chi connectivity index (χ4n) is 1.73. The van der Waals surface area contributed by atoms with Gasteiger partial charge < -0.3 is 9.88 Å². The molecule has 1 N–H and O–H groups in total. The van der Waals surface area contributed by atoms with Crippen molar-refractivity contribution in [3.05, 3.63) is 41.6 Å². The molecule has 0 aliphatic heterocycles. The van der Waals surface area contributed by atoms with Crippen LogP contribution in [0.4, 0.5) is 5.82 Å². The van der Waals surface area contributed by atoms with E-state index in [4.69, 9.17) is 5.26 Å². The highest BCUT2D eigenvalue weighted by molar-refractivity contribution is 5.42. The Morgan fingerprint density at radius 1 is 1.44 bits per heavy atom. The monoisotopic (exact) mass is 241 g/mol. The molecule has 0 amide bonds. The summed E-state index contributed by atoms with van der Waals surface area (Å²) in [5.74, 6) is 1.40. The Bertz CT molecular complexity index is 553. The largest absolute Gasteiger partial charge is 0.365 e. The van der Waals surface area contributed by atoms with Gasteiger partial charge in [0, 0.05) is 38.0 Å². The summed E-state index contributed by atoms with van der Waals surface area (Å²) in [6.07, 6.45) is 2.83. The molecule has 5 heteroatoms. The fourth-order valence-corrected chi connectivity index (χ4v) is 1.73. The summed E-state index contributed by atoms with van der Waals surface area (Å²) in [4.78, 5) is 13.6.